The number of nitrogens with zero attached hydrogens (tertiary/aromatic N) is 1. The fourth-order valence-corrected chi connectivity index (χ4v) is 2.47. The van der Waals surface area contributed by atoms with Crippen LogP contribution in [0.1, 0.15) is 21.7 Å². The first-order valence-corrected chi connectivity index (χ1v) is 6.19. The molecule has 0 atom stereocenters. The minimum absolute atomic E-state index is 0.0271. The van der Waals surface area contributed by atoms with Crippen LogP contribution in [0.4, 0.5) is 8.78 Å². The molecule has 1 aromatic carbocycles. The van der Waals surface area contributed by atoms with Gasteiger partial charge in [0.05, 0.1) is 5.56 Å². The normalized spacial score (nSPS) is 10.8. The Labute approximate surface area is 116 Å². The smallest absolute Gasteiger partial charge is 0.337 e. The van der Waals surface area contributed by atoms with E-state index >= 15 is 0 Å². The molecule has 0 unspecified atom stereocenters. The molecule has 0 saturated heterocycles. The number of carboxylic acid groups (broad SMARTS) is 1. The highest BCUT2D eigenvalue weighted by molar-refractivity contribution is 9.10. The summed E-state index contributed by atoms with van der Waals surface area (Å²) in [7, 11) is 0. The maximum absolute atomic E-state index is 13.9. The molecule has 2 aromatic rings. The van der Waals surface area contributed by atoms with E-state index in [4.69, 9.17) is 5.11 Å². The molecule has 0 aliphatic rings. The fraction of sp³-hybridized carbons (Fsp3) is 0.154. The van der Waals surface area contributed by atoms with Crippen molar-refractivity contribution in [1.82, 2.24) is 4.57 Å². The zero-order valence-electron chi connectivity index (χ0n) is 10.2. The van der Waals surface area contributed by atoms with Crippen molar-refractivity contribution in [3.8, 4) is 5.69 Å². The average molecular weight is 330 g/mol. The summed E-state index contributed by atoms with van der Waals surface area (Å²) < 4.78 is 29.4. The maximum Gasteiger partial charge on any atom is 0.337 e. The lowest BCUT2D eigenvalue weighted by Crippen LogP contribution is -2.07. The molecule has 100 valence electrons. The van der Waals surface area contributed by atoms with Crippen molar-refractivity contribution in [2.75, 3.05) is 0 Å². The van der Waals surface area contributed by atoms with Gasteiger partial charge in [-0.25, -0.2) is 13.6 Å². The second-order valence-corrected chi connectivity index (χ2v) is 5.06. The van der Waals surface area contributed by atoms with Gasteiger partial charge in [-0.2, -0.15) is 0 Å². The molecule has 19 heavy (non-hydrogen) atoms. The topological polar surface area (TPSA) is 42.2 Å². The van der Waals surface area contributed by atoms with Crippen LogP contribution in [0.3, 0.4) is 0 Å². The summed E-state index contributed by atoms with van der Waals surface area (Å²) in [6, 6.07) is 3.66. The summed E-state index contributed by atoms with van der Waals surface area (Å²) in [5, 5.41) is 9.02. The molecule has 1 heterocycles. The third-order valence-corrected chi connectivity index (χ3v) is 3.32. The van der Waals surface area contributed by atoms with Crippen molar-refractivity contribution in [3.05, 3.63) is 51.3 Å². The molecule has 0 saturated carbocycles. The molecule has 0 fully saturated rings. The molecule has 1 aromatic heterocycles. The molecule has 0 bridgehead atoms. The molecular weight excluding hydrogens is 320 g/mol. The van der Waals surface area contributed by atoms with Gasteiger partial charge >= 0.3 is 5.97 Å². The van der Waals surface area contributed by atoms with Gasteiger partial charge in [-0.1, -0.05) is 15.9 Å². The Bertz CT molecular complexity index is 657. The molecule has 0 amide bonds. The number of carbonyl (C=O) groups is 1. The van der Waals surface area contributed by atoms with Crippen molar-refractivity contribution < 1.29 is 18.7 Å². The first-order chi connectivity index (χ1) is 8.82. The molecule has 6 heteroatoms. The third-order valence-electron chi connectivity index (χ3n) is 2.87. The Morgan fingerprint density at radius 1 is 1.21 bits per heavy atom. The van der Waals surface area contributed by atoms with Gasteiger partial charge in [0.2, 0.25) is 0 Å². The zero-order chi connectivity index (χ0) is 14.3. The van der Waals surface area contributed by atoms with E-state index in [2.05, 4.69) is 15.9 Å². The fourth-order valence-electron chi connectivity index (χ4n) is 2.07. The molecule has 0 aliphatic heterocycles. The second kappa shape index (κ2) is 4.77. The molecule has 3 nitrogen and oxygen atoms in total. The van der Waals surface area contributed by atoms with E-state index in [0.29, 0.717) is 5.69 Å². The monoisotopic (exact) mass is 329 g/mol. The van der Waals surface area contributed by atoms with Crippen LogP contribution in [-0.2, 0) is 0 Å². The number of rotatable bonds is 2. The van der Waals surface area contributed by atoms with Crippen LogP contribution in [0.5, 0.6) is 0 Å². The largest absolute Gasteiger partial charge is 0.478 e. The lowest BCUT2D eigenvalue weighted by Gasteiger charge is -2.12. The van der Waals surface area contributed by atoms with Crippen LogP contribution in [-0.4, -0.2) is 15.6 Å². The SMILES string of the molecule is Cc1cc(C(=O)O)c(C)n1-c1c(F)cc(Br)cc1F. The van der Waals surface area contributed by atoms with E-state index in [1.807, 2.05) is 0 Å². The van der Waals surface area contributed by atoms with Gasteiger partial charge in [0, 0.05) is 15.9 Å². The van der Waals surface area contributed by atoms with Crippen LogP contribution in [0.2, 0.25) is 0 Å². The highest BCUT2D eigenvalue weighted by Gasteiger charge is 2.20. The Morgan fingerprint density at radius 2 is 1.74 bits per heavy atom. The quantitative estimate of drug-likeness (QED) is 0.909. The van der Waals surface area contributed by atoms with Crippen molar-refractivity contribution in [2.45, 2.75) is 13.8 Å². The van der Waals surface area contributed by atoms with E-state index < -0.39 is 17.6 Å². The summed E-state index contributed by atoms with van der Waals surface area (Å²) in [5.74, 6) is -2.64. The van der Waals surface area contributed by atoms with Crippen LogP contribution in [0.25, 0.3) is 5.69 Å². The number of aryl methyl sites for hydroxylation is 1. The lowest BCUT2D eigenvalue weighted by molar-refractivity contribution is 0.0696. The summed E-state index contributed by atoms with van der Waals surface area (Å²) in [6.07, 6.45) is 0. The summed E-state index contributed by atoms with van der Waals surface area (Å²) in [6.45, 7) is 3.11. The van der Waals surface area contributed by atoms with Gasteiger partial charge in [-0.05, 0) is 32.0 Å². The maximum atomic E-state index is 13.9. The molecule has 0 spiro atoms. The number of aromatic carboxylic acids is 1. The third kappa shape index (κ3) is 2.28. The minimum atomic E-state index is -1.13. The van der Waals surface area contributed by atoms with Gasteiger partial charge in [-0.15, -0.1) is 0 Å². The van der Waals surface area contributed by atoms with Crippen LogP contribution >= 0.6 is 15.9 Å². The molecule has 2 rings (SSSR count). The Balaban J connectivity index is 2.77. The number of halogens is 3. The standard InChI is InChI=1S/C13H10BrF2NO2/c1-6-3-9(13(18)19)7(2)17(6)12-10(15)4-8(14)5-11(12)16/h3-5H,1-2H3,(H,18,19). The number of hydrogen-bond donors (Lipinski definition) is 1. The number of carboxylic acids is 1. The van der Waals surface area contributed by atoms with E-state index in [0.717, 1.165) is 12.1 Å². The average Bonchev–Trinajstić information content (AvgIpc) is 2.55. The van der Waals surface area contributed by atoms with Crippen molar-refractivity contribution >= 4 is 21.9 Å². The first-order valence-electron chi connectivity index (χ1n) is 5.40. The number of hydrogen-bond acceptors (Lipinski definition) is 1. The first kappa shape index (κ1) is 13.7. The Hall–Kier alpha value is -1.69. The summed E-state index contributed by atoms with van der Waals surface area (Å²) >= 11 is 3.00. The molecule has 0 radical (unpaired) electrons. The number of benzene rings is 1. The van der Waals surface area contributed by atoms with Gasteiger partial charge in [0.25, 0.3) is 0 Å². The summed E-state index contributed by atoms with van der Waals surface area (Å²) in [4.78, 5) is 11.0. The van der Waals surface area contributed by atoms with Gasteiger partial charge in [-0.3, -0.25) is 0 Å². The minimum Gasteiger partial charge on any atom is -0.478 e. The lowest BCUT2D eigenvalue weighted by atomic mass is 10.2. The van der Waals surface area contributed by atoms with Crippen molar-refractivity contribution in [1.29, 1.82) is 0 Å². The van der Waals surface area contributed by atoms with Crippen molar-refractivity contribution in [3.63, 3.8) is 0 Å². The number of aromatic nitrogens is 1. The van der Waals surface area contributed by atoms with Gasteiger partial charge in [0.1, 0.15) is 5.69 Å². The van der Waals surface area contributed by atoms with Crippen LogP contribution in [0, 0.1) is 25.5 Å². The Kier molecular flexibility index (Phi) is 3.45. The highest BCUT2D eigenvalue weighted by atomic mass is 79.9. The van der Waals surface area contributed by atoms with Crippen molar-refractivity contribution in [2.24, 2.45) is 0 Å². The molecule has 1 N–H and O–H groups in total. The van der Waals surface area contributed by atoms with E-state index in [-0.39, 0.29) is 21.4 Å². The van der Waals surface area contributed by atoms with Gasteiger partial charge < -0.3 is 9.67 Å². The van der Waals surface area contributed by atoms with E-state index in [9.17, 15) is 13.6 Å². The highest BCUT2D eigenvalue weighted by Crippen LogP contribution is 2.27. The second-order valence-electron chi connectivity index (χ2n) is 4.14. The predicted octanol–water partition coefficient (Wildman–Crippen LogP) is 3.83. The van der Waals surface area contributed by atoms with Gasteiger partial charge in [0.15, 0.2) is 11.6 Å². The predicted molar refractivity (Wildman–Crippen MR) is 69.8 cm³/mol. The Morgan fingerprint density at radius 3 is 2.16 bits per heavy atom. The zero-order valence-corrected chi connectivity index (χ0v) is 11.8. The van der Waals surface area contributed by atoms with E-state index in [1.54, 1.807) is 6.92 Å². The van der Waals surface area contributed by atoms with Crippen LogP contribution < -0.4 is 0 Å². The molecule has 0 aliphatic carbocycles. The van der Waals surface area contributed by atoms with Crippen LogP contribution in [0.15, 0.2) is 22.7 Å². The molecular formula is C13H10BrF2NO2. The summed E-state index contributed by atoms with van der Waals surface area (Å²) in [5.41, 5.74) is 0.491. The van der Waals surface area contributed by atoms with E-state index in [1.165, 1.54) is 17.6 Å².